The summed E-state index contributed by atoms with van der Waals surface area (Å²) in [6.07, 6.45) is 0. The molecule has 0 saturated carbocycles. The van der Waals surface area contributed by atoms with E-state index in [0.29, 0.717) is 5.92 Å². The Labute approximate surface area is 138 Å². The first-order valence-corrected chi connectivity index (χ1v) is 8.02. The molecule has 0 atom stereocenters. The van der Waals surface area contributed by atoms with Crippen LogP contribution in [0.5, 0.6) is 11.5 Å². The highest BCUT2D eigenvalue weighted by Gasteiger charge is 1.98. The molecule has 0 unspecified atom stereocenters. The van der Waals surface area contributed by atoms with Gasteiger partial charge >= 0.3 is 0 Å². The molecule has 124 valence electrons. The first-order chi connectivity index (χ1) is 11.2. The summed E-state index contributed by atoms with van der Waals surface area (Å²) >= 11 is 0. The molecule has 0 saturated heterocycles. The number of hydrogen-bond donors (Lipinski definition) is 2. The highest BCUT2D eigenvalue weighted by atomic mass is 16.5. The second-order valence-electron chi connectivity index (χ2n) is 5.81. The van der Waals surface area contributed by atoms with Crippen LogP contribution in [0, 0.1) is 5.92 Å². The van der Waals surface area contributed by atoms with E-state index in [0.717, 1.165) is 42.6 Å². The largest absolute Gasteiger partial charge is 0.497 e. The standard InChI is InChI=1S/C19H26N2O2/c1-15(2)14-23-19-10-6-17(7-11-19)21-13-12-20-16-4-8-18(22-3)9-5-16/h4-11,15,20-21H,12-14H2,1-3H3. The van der Waals surface area contributed by atoms with Crippen molar-refractivity contribution in [3.05, 3.63) is 48.5 Å². The Bertz CT molecular complexity index is 565. The molecule has 0 heterocycles. The number of ether oxygens (including phenoxy) is 2. The van der Waals surface area contributed by atoms with Gasteiger partial charge in [0.1, 0.15) is 11.5 Å². The number of hydrogen-bond acceptors (Lipinski definition) is 4. The average Bonchev–Trinajstić information content (AvgIpc) is 2.58. The van der Waals surface area contributed by atoms with Crippen LogP contribution < -0.4 is 20.1 Å². The van der Waals surface area contributed by atoms with E-state index in [1.54, 1.807) is 7.11 Å². The van der Waals surface area contributed by atoms with Crippen molar-refractivity contribution in [3.63, 3.8) is 0 Å². The van der Waals surface area contributed by atoms with Crippen LogP contribution in [0.25, 0.3) is 0 Å². The zero-order valence-electron chi connectivity index (χ0n) is 14.1. The molecule has 2 aromatic carbocycles. The van der Waals surface area contributed by atoms with E-state index in [1.165, 1.54) is 0 Å². The summed E-state index contributed by atoms with van der Waals surface area (Å²) in [6, 6.07) is 16.0. The fourth-order valence-electron chi connectivity index (χ4n) is 2.05. The molecule has 2 rings (SSSR count). The Morgan fingerprint density at radius 2 is 1.26 bits per heavy atom. The van der Waals surface area contributed by atoms with E-state index in [9.17, 15) is 0 Å². The Morgan fingerprint density at radius 1 is 0.783 bits per heavy atom. The predicted molar refractivity (Wildman–Crippen MR) is 96.7 cm³/mol. The number of nitrogens with one attached hydrogen (secondary N) is 2. The van der Waals surface area contributed by atoms with Gasteiger partial charge in [-0.3, -0.25) is 0 Å². The lowest BCUT2D eigenvalue weighted by Gasteiger charge is -2.11. The quantitative estimate of drug-likeness (QED) is 0.679. The van der Waals surface area contributed by atoms with E-state index in [4.69, 9.17) is 9.47 Å². The van der Waals surface area contributed by atoms with E-state index < -0.39 is 0 Å². The van der Waals surface area contributed by atoms with Crippen molar-refractivity contribution < 1.29 is 9.47 Å². The van der Waals surface area contributed by atoms with Gasteiger partial charge in [0.05, 0.1) is 13.7 Å². The Balaban J connectivity index is 1.69. The molecular weight excluding hydrogens is 288 g/mol. The van der Waals surface area contributed by atoms with Gasteiger partial charge in [0, 0.05) is 24.5 Å². The SMILES string of the molecule is COc1ccc(NCCNc2ccc(OCC(C)C)cc2)cc1. The molecular formula is C19H26N2O2. The lowest BCUT2D eigenvalue weighted by atomic mass is 10.2. The molecule has 23 heavy (non-hydrogen) atoms. The van der Waals surface area contributed by atoms with Crippen LogP contribution in [0.15, 0.2) is 48.5 Å². The zero-order valence-corrected chi connectivity index (χ0v) is 14.1. The highest BCUT2D eigenvalue weighted by molar-refractivity contribution is 5.48. The third-order valence-electron chi connectivity index (χ3n) is 3.31. The van der Waals surface area contributed by atoms with E-state index >= 15 is 0 Å². The maximum Gasteiger partial charge on any atom is 0.119 e. The maximum atomic E-state index is 5.67. The molecule has 2 N–H and O–H groups in total. The van der Waals surface area contributed by atoms with E-state index in [2.05, 4.69) is 24.5 Å². The van der Waals surface area contributed by atoms with Gasteiger partial charge in [0.2, 0.25) is 0 Å². The van der Waals surface area contributed by atoms with Crippen molar-refractivity contribution in [2.75, 3.05) is 37.4 Å². The van der Waals surface area contributed by atoms with Crippen LogP contribution in [-0.4, -0.2) is 26.8 Å². The van der Waals surface area contributed by atoms with Gasteiger partial charge in [-0.1, -0.05) is 13.8 Å². The summed E-state index contributed by atoms with van der Waals surface area (Å²) in [5, 5.41) is 6.75. The molecule has 0 spiro atoms. The summed E-state index contributed by atoms with van der Waals surface area (Å²) < 4.78 is 10.8. The summed E-state index contributed by atoms with van der Waals surface area (Å²) in [5.41, 5.74) is 2.18. The minimum Gasteiger partial charge on any atom is -0.497 e. The monoisotopic (exact) mass is 314 g/mol. The van der Waals surface area contributed by atoms with Crippen molar-refractivity contribution >= 4 is 11.4 Å². The molecule has 4 heteroatoms. The molecule has 4 nitrogen and oxygen atoms in total. The summed E-state index contributed by atoms with van der Waals surface area (Å²) in [5.74, 6) is 2.32. The molecule has 0 bridgehead atoms. The molecule has 2 aromatic rings. The first kappa shape index (κ1) is 17.0. The number of rotatable bonds is 9. The second-order valence-corrected chi connectivity index (χ2v) is 5.81. The Kier molecular flexibility index (Phi) is 6.60. The third-order valence-corrected chi connectivity index (χ3v) is 3.31. The smallest absolute Gasteiger partial charge is 0.119 e. The summed E-state index contributed by atoms with van der Waals surface area (Å²) in [4.78, 5) is 0. The van der Waals surface area contributed by atoms with Crippen molar-refractivity contribution in [1.82, 2.24) is 0 Å². The van der Waals surface area contributed by atoms with Gasteiger partial charge in [0.15, 0.2) is 0 Å². The van der Waals surface area contributed by atoms with Gasteiger partial charge < -0.3 is 20.1 Å². The molecule has 0 aliphatic carbocycles. The van der Waals surface area contributed by atoms with Crippen LogP contribution in [-0.2, 0) is 0 Å². The van der Waals surface area contributed by atoms with Crippen LogP contribution >= 0.6 is 0 Å². The maximum absolute atomic E-state index is 5.67. The van der Waals surface area contributed by atoms with Gasteiger partial charge in [-0.15, -0.1) is 0 Å². The first-order valence-electron chi connectivity index (χ1n) is 8.02. The van der Waals surface area contributed by atoms with Crippen molar-refractivity contribution in [3.8, 4) is 11.5 Å². The van der Waals surface area contributed by atoms with Crippen LogP contribution in [0.1, 0.15) is 13.8 Å². The molecule has 0 aromatic heterocycles. The molecule has 0 aliphatic rings. The fraction of sp³-hybridized carbons (Fsp3) is 0.368. The lowest BCUT2D eigenvalue weighted by molar-refractivity contribution is 0.271. The minimum atomic E-state index is 0.539. The molecule has 0 aliphatic heterocycles. The minimum absolute atomic E-state index is 0.539. The number of anilines is 2. The Hall–Kier alpha value is -2.36. The predicted octanol–water partition coefficient (Wildman–Crippen LogP) is 4.25. The van der Waals surface area contributed by atoms with Crippen molar-refractivity contribution in [2.24, 2.45) is 5.92 Å². The van der Waals surface area contributed by atoms with Crippen LogP contribution in [0.3, 0.4) is 0 Å². The molecule has 0 fully saturated rings. The summed E-state index contributed by atoms with van der Waals surface area (Å²) in [6.45, 7) is 6.73. The zero-order chi connectivity index (χ0) is 16.5. The normalized spacial score (nSPS) is 10.4. The Morgan fingerprint density at radius 3 is 1.70 bits per heavy atom. The summed E-state index contributed by atoms with van der Waals surface area (Å²) in [7, 11) is 1.67. The highest BCUT2D eigenvalue weighted by Crippen LogP contribution is 2.17. The fourth-order valence-corrected chi connectivity index (χ4v) is 2.05. The number of benzene rings is 2. The van der Waals surface area contributed by atoms with Crippen molar-refractivity contribution in [1.29, 1.82) is 0 Å². The van der Waals surface area contributed by atoms with E-state index in [-0.39, 0.29) is 0 Å². The number of methoxy groups -OCH3 is 1. The van der Waals surface area contributed by atoms with Gasteiger partial charge in [0.25, 0.3) is 0 Å². The van der Waals surface area contributed by atoms with E-state index in [1.807, 2.05) is 48.5 Å². The lowest BCUT2D eigenvalue weighted by Crippen LogP contribution is -2.13. The third kappa shape index (κ3) is 6.10. The average molecular weight is 314 g/mol. The molecule has 0 amide bonds. The van der Waals surface area contributed by atoms with Gasteiger partial charge in [-0.25, -0.2) is 0 Å². The van der Waals surface area contributed by atoms with Crippen molar-refractivity contribution in [2.45, 2.75) is 13.8 Å². The second kappa shape index (κ2) is 8.93. The van der Waals surface area contributed by atoms with Crippen LogP contribution in [0.4, 0.5) is 11.4 Å². The van der Waals surface area contributed by atoms with Crippen LogP contribution in [0.2, 0.25) is 0 Å². The van der Waals surface area contributed by atoms with Gasteiger partial charge in [-0.05, 0) is 54.4 Å². The molecule has 0 radical (unpaired) electrons. The van der Waals surface area contributed by atoms with Gasteiger partial charge in [-0.2, -0.15) is 0 Å². The topological polar surface area (TPSA) is 42.5 Å².